The number of likely N-dealkylation sites (tertiary alicyclic amines) is 1. The lowest BCUT2D eigenvalue weighted by atomic mass is 9.93. The SMILES string of the molecule is CCNC(=NCC(C)COCc1ccccc1)N1CCC(CC(=O)NC)CC1. The number of hydrogen-bond acceptors (Lipinski definition) is 3. The van der Waals surface area contributed by atoms with Crippen molar-refractivity contribution in [2.75, 3.05) is 39.8 Å². The Labute approximate surface area is 169 Å². The Hall–Kier alpha value is -2.08. The Balaban J connectivity index is 1.75. The van der Waals surface area contributed by atoms with Crippen LogP contribution in [0.1, 0.15) is 38.7 Å². The third-order valence-corrected chi connectivity index (χ3v) is 5.07. The maximum atomic E-state index is 11.6. The van der Waals surface area contributed by atoms with E-state index in [1.54, 1.807) is 7.05 Å². The van der Waals surface area contributed by atoms with Crippen molar-refractivity contribution in [1.29, 1.82) is 0 Å². The molecule has 0 aliphatic carbocycles. The monoisotopic (exact) mass is 388 g/mol. The zero-order chi connectivity index (χ0) is 20.2. The van der Waals surface area contributed by atoms with Gasteiger partial charge in [-0.1, -0.05) is 37.3 Å². The van der Waals surface area contributed by atoms with E-state index >= 15 is 0 Å². The molecule has 1 aliphatic heterocycles. The number of rotatable bonds is 9. The number of amides is 1. The lowest BCUT2D eigenvalue weighted by molar-refractivity contribution is -0.121. The van der Waals surface area contributed by atoms with Gasteiger partial charge in [0.05, 0.1) is 13.2 Å². The van der Waals surface area contributed by atoms with Gasteiger partial charge in [-0.05, 0) is 37.2 Å². The van der Waals surface area contributed by atoms with Crippen molar-refractivity contribution in [3.63, 3.8) is 0 Å². The lowest BCUT2D eigenvalue weighted by Crippen LogP contribution is -2.46. The zero-order valence-corrected chi connectivity index (χ0v) is 17.6. The van der Waals surface area contributed by atoms with E-state index in [2.05, 4.69) is 41.5 Å². The molecule has 0 spiro atoms. The second-order valence-corrected chi connectivity index (χ2v) is 7.61. The summed E-state index contributed by atoms with van der Waals surface area (Å²) in [6.45, 7) is 9.12. The number of piperidine rings is 1. The fourth-order valence-electron chi connectivity index (χ4n) is 3.39. The zero-order valence-electron chi connectivity index (χ0n) is 17.6. The van der Waals surface area contributed by atoms with Crippen LogP contribution in [0.5, 0.6) is 0 Å². The Morgan fingerprint density at radius 1 is 1.29 bits per heavy atom. The topological polar surface area (TPSA) is 66.0 Å². The van der Waals surface area contributed by atoms with Crippen molar-refractivity contribution < 1.29 is 9.53 Å². The van der Waals surface area contributed by atoms with Gasteiger partial charge in [0.1, 0.15) is 0 Å². The summed E-state index contributed by atoms with van der Waals surface area (Å²) in [5, 5.41) is 6.14. The fraction of sp³-hybridized carbons (Fsp3) is 0.636. The number of carbonyl (C=O) groups is 1. The summed E-state index contributed by atoms with van der Waals surface area (Å²) in [5.74, 6) is 1.96. The van der Waals surface area contributed by atoms with Crippen LogP contribution in [-0.4, -0.2) is 56.6 Å². The van der Waals surface area contributed by atoms with Crippen molar-refractivity contribution in [3.8, 4) is 0 Å². The molecule has 1 unspecified atom stereocenters. The van der Waals surface area contributed by atoms with Crippen LogP contribution in [0.25, 0.3) is 0 Å². The molecule has 1 aliphatic rings. The predicted octanol–water partition coefficient (Wildman–Crippen LogP) is 2.65. The van der Waals surface area contributed by atoms with E-state index in [-0.39, 0.29) is 5.91 Å². The summed E-state index contributed by atoms with van der Waals surface area (Å²) in [5.41, 5.74) is 1.20. The second-order valence-electron chi connectivity index (χ2n) is 7.61. The molecule has 0 radical (unpaired) electrons. The molecule has 0 bridgehead atoms. The number of carbonyl (C=O) groups excluding carboxylic acids is 1. The minimum atomic E-state index is 0.142. The first-order chi connectivity index (χ1) is 13.6. The molecule has 1 aromatic rings. The molecule has 0 aromatic heterocycles. The number of guanidine groups is 1. The van der Waals surface area contributed by atoms with Gasteiger partial charge in [-0.2, -0.15) is 0 Å². The summed E-state index contributed by atoms with van der Waals surface area (Å²) >= 11 is 0. The van der Waals surface area contributed by atoms with Crippen molar-refractivity contribution in [3.05, 3.63) is 35.9 Å². The Bertz CT molecular complexity index is 598. The molecule has 1 saturated heterocycles. The number of nitrogens with zero attached hydrogens (tertiary/aromatic N) is 2. The minimum Gasteiger partial charge on any atom is -0.376 e. The molecule has 28 heavy (non-hydrogen) atoms. The van der Waals surface area contributed by atoms with Crippen molar-refractivity contribution in [2.24, 2.45) is 16.8 Å². The molecular weight excluding hydrogens is 352 g/mol. The first-order valence-electron chi connectivity index (χ1n) is 10.5. The number of nitrogens with one attached hydrogen (secondary N) is 2. The van der Waals surface area contributed by atoms with Gasteiger partial charge < -0.3 is 20.3 Å². The summed E-state index contributed by atoms with van der Waals surface area (Å²) in [6.07, 6.45) is 2.70. The molecule has 1 amide bonds. The summed E-state index contributed by atoms with van der Waals surface area (Å²) in [7, 11) is 1.71. The average Bonchev–Trinajstić information content (AvgIpc) is 2.72. The fourth-order valence-corrected chi connectivity index (χ4v) is 3.39. The molecule has 1 atom stereocenters. The van der Waals surface area contributed by atoms with Gasteiger partial charge in [0.15, 0.2) is 5.96 Å². The molecular formula is C22H36N4O2. The number of ether oxygens (including phenoxy) is 1. The largest absolute Gasteiger partial charge is 0.376 e. The molecule has 1 heterocycles. The second kappa shape index (κ2) is 12.4. The molecule has 0 saturated carbocycles. The van der Waals surface area contributed by atoms with Gasteiger partial charge in [0.25, 0.3) is 0 Å². The minimum absolute atomic E-state index is 0.142. The quantitative estimate of drug-likeness (QED) is 0.504. The van der Waals surface area contributed by atoms with E-state index < -0.39 is 0 Å². The maximum absolute atomic E-state index is 11.6. The third-order valence-electron chi connectivity index (χ3n) is 5.07. The highest BCUT2D eigenvalue weighted by molar-refractivity contribution is 5.80. The van der Waals surface area contributed by atoms with E-state index in [9.17, 15) is 4.79 Å². The van der Waals surface area contributed by atoms with Crippen LogP contribution >= 0.6 is 0 Å². The Morgan fingerprint density at radius 2 is 2.00 bits per heavy atom. The van der Waals surface area contributed by atoms with Crippen molar-refractivity contribution >= 4 is 11.9 Å². The van der Waals surface area contributed by atoms with Crippen molar-refractivity contribution in [1.82, 2.24) is 15.5 Å². The first-order valence-corrected chi connectivity index (χ1v) is 10.5. The van der Waals surface area contributed by atoms with Crippen LogP contribution in [0.3, 0.4) is 0 Å². The highest BCUT2D eigenvalue weighted by atomic mass is 16.5. The van der Waals surface area contributed by atoms with E-state index in [0.29, 0.717) is 31.5 Å². The van der Waals surface area contributed by atoms with Gasteiger partial charge in [0, 0.05) is 39.6 Å². The average molecular weight is 389 g/mol. The molecule has 1 fully saturated rings. The van der Waals surface area contributed by atoms with Gasteiger partial charge in [0.2, 0.25) is 5.91 Å². The van der Waals surface area contributed by atoms with E-state index in [1.165, 1.54) is 5.56 Å². The van der Waals surface area contributed by atoms with Gasteiger partial charge >= 0.3 is 0 Å². The maximum Gasteiger partial charge on any atom is 0.220 e. The number of aliphatic imine (C=N–C) groups is 1. The Kier molecular flexibility index (Phi) is 9.83. The highest BCUT2D eigenvalue weighted by Gasteiger charge is 2.23. The molecule has 6 heteroatoms. The van der Waals surface area contributed by atoms with E-state index in [4.69, 9.17) is 9.73 Å². The standard InChI is InChI=1S/C22H36N4O2/c1-4-24-22(26-12-10-19(11-13-26)14-21(27)23-3)25-15-18(2)16-28-17-20-8-6-5-7-9-20/h5-9,18-19H,4,10-17H2,1-3H3,(H,23,27)(H,24,25). The normalized spacial score (nSPS) is 16.7. The van der Waals surface area contributed by atoms with Crippen LogP contribution in [0.15, 0.2) is 35.3 Å². The molecule has 6 nitrogen and oxygen atoms in total. The molecule has 2 N–H and O–H groups in total. The summed E-state index contributed by atoms with van der Waals surface area (Å²) in [6, 6.07) is 10.3. The molecule has 1 aromatic carbocycles. The lowest BCUT2D eigenvalue weighted by Gasteiger charge is -2.34. The van der Waals surface area contributed by atoms with Gasteiger partial charge in [-0.15, -0.1) is 0 Å². The van der Waals surface area contributed by atoms with Crippen LogP contribution in [0, 0.1) is 11.8 Å². The van der Waals surface area contributed by atoms with Gasteiger partial charge in [-0.25, -0.2) is 0 Å². The highest BCUT2D eigenvalue weighted by Crippen LogP contribution is 2.20. The van der Waals surface area contributed by atoms with Crippen LogP contribution in [0.4, 0.5) is 0 Å². The number of hydrogen-bond donors (Lipinski definition) is 2. The molecule has 156 valence electrons. The predicted molar refractivity (Wildman–Crippen MR) is 114 cm³/mol. The van der Waals surface area contributed by atoms with Gasteiger partial charge in [-0.3, -0.25) is 9.79 Å². The van der Waals surface area contributed by atoms with E-state index in [0.717, 1.165) is 45.0 Å². The van der Waals surface area contributed by atoms with E-state index in [1.807, 2.05) is 18.2 Å². The van der Waals surface area contributed by atoms with Crippen LogP contribution in [-0.2, 0) is 16.1 Å². The summed E-state index contributed by atoms with van der Waals surface area (Å²) < 4.78 is 5.84. The number of benzene rings is 1. The smallest absolute Gasteiger partial charge is 0.220 e. The van der Waals surface area contributed by atoms with Crippen molar-refractivity contribution in [2.45, 2.75) is 39.7 Å². The van der Waals surface area contributed by atoms with Crippen LogP contribution in [0.2, 0.25) is 0 Å². The molecule has 2 rings (SSSR count). The summed E-state index contributed by atoms with van der Waals surface area (Å²) in [4.78, 5) is 18.7. The first kappa shape index (κ1) is 22.2. The Morgan fingerprint density at radius 3 is 2.64 bits per heavy atom. The van der Waals surface area contributed by atoms with Crippen LogP contribution < -0.4 is 10.6 Å². The third kappa shape index (κ3) is 7.89.